The number of carbonyl (C=O) groups excluding carboxylic acids is 1. The molecular formula is C16H26N4O2. The van der Waals surface area contributed by atoms with Gasteiger partial charge >= 0.3 is 6.03 Å². The molecule has 1 aromatic rings. The standard InChI is InChI=1S/C16H26N4O2/c1-12(2)9-16(11-21)6-4-8-20(16)15(22)18-10-14-5-7-17-13(3)19-14/h5,7,12,21H,4,6,8-11H2,1-3H3,(H,18,22)/t16-/m0/s1. The topological polar surface area (TPSA) is 78.4 Å². The van der Waals surface area contributed by atoms with Gasteiger partial charge in [0.15, 0.2) is 0 Å². The first kappa shape index (κ1) is 16.7. The summed E-state index contributed by atoms with van der Waals surface area (Å²) >= 11 is 0. The van der Waals surface area contributed by atoms with E-state index >= 15 is 0 Å². The van der Waals surface area contributed by atoms with Crippen molar-refractivity contribution in [3.8, 4) is 0 Å². The van der Waals surface area contributed by atoms with Gasteiger partial charge in [0.25, 0.3) is 0 Å². The first-order valence-corrected chi connectivity index (χ1v) is 7.92. The predicted octanol–water partition coefficient (Wildman–Crippen LogP) is 1.87. The minimum absolute atomic E-state index is 0.0191. The molecule has 122 valence electrons. The fraction of sp³-hybridized carbons (Fsp3) is 0.688. The number of urea groups is 1. The van der Waals surface area contributed by atoms with Gasteiger partial charge < -0.3 is 15.3 Å². The van der Waals surface area contributed by atoms with E-state index in [1.165, 1.54) is 0 Å². The Morgan fingerprint density at radius 1 is 1.55 bits per heavy atom. The summed E-state index contributed by atoms with van der Waals surface area (Å²) < 4.78 is 0. The molecule has 1 saturated heterocycles. The summed E-state index contributed by atoms with van der Waals surface area (Å²) in [7, 11) is 0. The zero-order valence-electron chi connectivity index (χ0n) is 13.7. The van der Waals surface area contributed by atoms with E-state index in [9.17, 15) is 9.90 Å². The number of aliphatic hydroxyl groups excluding tert-OH is 1. The van der Waals surface area contributed by atoms with Crippen molar-refractivity contribution >= 4 is 6.03 Å². The van der Waals surface area contributed by atoms with Gasteiger partial charge in [-0.15, -0.1) is 0 Å². The number of nitrogens with zero attached hydrogens (tertiary/aromatic N) is 3. The minimum Gasteiger partial charge on any atom is -0.394 e. The Kier molecular flexibility index (Phi) is 5.34. The molecule has 1 aliphatic rings. The molecular weight excluding hydrogens is 280 g/mol. The van der Waals surface area contributed by atoms with Gasteiger partial charge in [-0.25, -0.2) is 14.8 Å². The molecule has 0 aliphatic carbocycles. The van der Waals surface area contributed by atoms with Crippen LogP contribution in [0.3, 0.4) is 0 Å². The summed E-state index contributed by atoms with van der Waals surface area (Å²) in [5.41, 5.74) is 0.373. The third-order valence-corrected chi connectivity index (χ3v) is 4.18. The lowest BCUT2D eigenvalue weighted by Gasteiger charge is -2.38. The third kappa shape index (κ3) is 3.74. The average Bonchev–Trinajstić information content (AvgIpc) is 2.88. The number of hydrogen-bond acceptors (Lipinski definition) is 4. The van der Waals surface area contributed by atoms with E-state index in [0.29, 0.717) is 24.8 Å². The summed E-state index contributed by atoms with van der Waals surface area (Å²) in [6.45, 7) is 7.16. The number of nitrogens with one attached hydrogen (secondary N) is 1. The van der Waals surface area contributed by atoms with E-state index in [2.05, 4.69) is 29.1 Å². The number of amides is 2. The molecule has 0 radical (unpaired) electrons. The van der Waals surface area contributed by atoms with E-state index in [0.717, 1.165) is 25.0 Å². The fourth-order valence-electron chi connectivity index (χ4n) is 3.32. The number of likely N-dealkylation sites (tertiary alicyclic amines) is 1. The van der Waals surface area contributed by atoms with Gasteiger partial charge in [0.1, 0.15) is 5.82 Å². The Hall–Kier alpha value is -1.69. The molecule has 0 spiro atoms. The fourth-order valence-corrected chi connectivity index (χ4v) is 3.32. The Labute approximate surface area is 132 Å². The third-order valence-electron chi connectivity index (χ3n) is 4.18. The zero-order valence-corrected chi connectivity index (χ0v) is 13.7. The highest BCUT2D eigenvalue weighted by molar-refractivity contribution is 5.75. The maximum Gasteiger partial charge on any atom is 0.318 e. The van der Waals surface area contributed by atoms with Crippen molar-refractivity contribution in [2.45, 2.75) is 52.1 Å². The van der Waals surface area contributed by atoms with Crippen LogP contribution in [0.15, 0.2) is 12.3 Å². The summed E-state index contributed by atoms with van der Waals surface area (Å²) in [5.74, 6) is 1.13. The summed E-state index contributed by atoms with van der Waals surface area (Å²) in [6, 6.07) is 1.67. The lowest BCUT2D eigenvalue weighted by molar-refractivity contribution is 0.0675. The molecule has 0 unspecified atom stereocenters. The highest BCUT2D eigenvalue weighted by atomic mass is 16.3. The van der Waals surface area contributed by atoms with E-state index in [-0.39, 0.29) is 12.6 Å². The first-order chi connectivity index (χ1) is 10.5. The number of aryl methyl sites for hydroxylation is 1. The van der Waals surface area contributed by atoms with Crippen molar-refractivity contribution < 1.29 is 9.90 Å². The predicted molar refractivity (Wildman–Crippen MR) is 84.2 cm³/mol. The minimum atomic E-state index is -0.417. The number of rotatable bonds is 5. The number of hydrogen-bond donors (Lipinski definition) is 2. The van der Waals surface area contributed by atoms with Crippen LogP contribution in [-0.2, 0) is 6.54 Å². The summed E-state index contributed by atoms with van der Waals surface area (Å²) in [4.78, 5) is 22.7. The Morgan fingerprint density at radius 2 is 2.32 bits per heavy atom. The average molecular weight is 306 g/mol. The summed E-state index contributed by atoms with van der Waals surface area (Å²) in [5, 5.41) is 12.8. The van der Waals surface area contributed by atoms with Crippen molar-refractivity contribution in [3.05, 3.63) is 23.8 Å². The molecule has 2 rings (SSSR count). The SMILES string of the molecule is Cc1nccc(CNC(=O)N2CCC[C@@]2(CO)CC(C)C)n1. The smallest absolute Gasteiger partial charge is 0.318 e. The largest absolute Gasteiger partial charge is 0.394 e. The maximum absolute atomic E-state index is 12.5. The quantitative estimate of drug-likeness (QED) is 0.870. The van der Waals surface area contributed by atoms with Gasteiger partial charge in [-0.1, -0.05) is 13.8 Å². The molecule has 2 N–H and O–H groups in total. The number of carbonyl (C=O) groups is 1. The van der Waals surface area contributed by atoms with Crippen LogP contribution < -0.4 is 5.32 Å². The van der Waals surface area contributed by atoms with Crippen LogP contribution in [0.25, 0.3) is 0 Å². The van der Waals surface area contributed by atoms with Crippen LogP contribution in [-0.4, -0.2) is 44.7 Å². The molecule has 0 aromatic carbocycles. The summed E-state index contributed by atoms with van der Waals surface area (Å²) in [6.07, 6.45) is 4.31. The Morgan fingerprint density at radius 3 is 2.95 bits per heavy atom. The van der Waals surface area contributed by atoms with Gasteiger partial charge in [0, 0.05) is 12.7 Å². The van der Waals surface area contributed by atoms with Crippen molar-refractivity contribution in [1.82, 2.24) is 20.2 Å². The second kappa shape index (κ2) is 7.05. The molecule has 6 heteroatoms. The monoisotopic (exact) mass is 306 g/mol. The van der Waals surface area contributed by atoms with Gasteiger partial charge in [-0.05, 0) is 38.2 Å². The molecule has 1 aliphatic heterocycles. The second-order valence-electron chi connectivity index (χ2n) is 6.49. The lowest BCUT2D eigenvalue weighted by Crippen LogP contribution is -2.54. The normalized spacial score (nSPS) is 21.4. The van der Waals surface area contributed by atoms with Crippen LogP contribution in [0.2, 0.25) is 0 Å². The zero-order chi connectivity index (χ0) is 16.2. The van der Waals surface area contributed by atoms with Crippen LogP contribution >= 0.6 is 0 Å². The van der Waals surface area contributed by atoms with Crippen molar-refractivity contribution in [2.24, 2.45) is 5.92 Å². The van der Waals surface area contributed by atoms with E-state index in [1.54, 1.807) is 17.2 Å². The number of aromatic nitrogens is 2. The van der Waals surface area contributed by atoms with Gasteiger partial charge in [0.05, 0.1) is 24.4 Å². The second-order valence-corrected chi connectivity index (χ2v) is 6.49. The van der Waals surface area contributed by atoms with Gasteiger partial charge in [0.2, 0.25) is 0 Å². The molecule has 22 heavy (non-hydrogen) atoms. The van der Waals surface area contributed by atoms with Crippen LogP contribution in [0.4, 0.5) is 4.79 Å². The van der Waals surface area contributed by atoms with Gasteiger partial charge in [-0.2, -0.15) is 0 Å². The highest BCUT2D eigenvalue weighted by Gasteiger charge is 2.43. The highest BCUT2D eigenvalue weighted by Crippen LogP contribution is 2.34. The molecule has 6 nitrogen and oxygen atoms in total. The van der Waals surface area contributed by atoms with E-state index in [4.69, 9.17) is 0 Å². The van der Waals surface area contributed by atoms with Crippen molar-refractivity contribution in [1.29, 1.82) is 0 Å². The van der Waals surface area contributed by atoms with Gasteiger partial charge in [-0.3, -0.25) is 0 Å². The van der Waals surface area contributed by atoms with E-state index < -0.39 is 5.54 Å². The maximum atomic E-state index is 12.5. The lowest BCUT2D eigenvalue weighted by atomic mass is 9.87. The molecule has 1 atom stereocenters. The van der Waals surface area contributed by atoms with E-state index in [1.807, 2.05) is 6.92 Å². The first-order valence-electron chi connectivity index (χ1n) is 7.92. The molecule has 2 heterocycles. The molecule has 0 bridgehead atoms. The molecule has 2 amide bonds. The van der Waals surface area contributed by atoms with Crippen molar-refractivity contribution in [3.63, 3.8) is 0 Å². The molecule has 1 aromatic heterocycles. The van der Waals surface area contributed by atoms with Crippen molar-refractivity contribution in [2.75, 3.05) is 13.2 Å². The van der Waals surface area contributed by atoms with Crippen LogP contribution in [0, 0.1) is 12.8 Å². The Bertz CT molecular complexity index is 521. The molecule has 1 fully saturated rings. The van der Waals surface area contributed by atoms with Crippen LogP contribution in [0.1, 0.15) is 44.6 Å². The van der Waals surface area contributed by atoms with Crippen LogP contribution in [0.5, 0.6) is 0 Å². The molecule has 0 saturated carbocycles. The Balaban J connectivity index is 2.01. The number of aliphatic hydroxyl groups is 1.